The number of amides is 1. The summed E-state index contributed by atoms with van der Waals surface area (Å²) >= 11 is 0. The molecule has 9 heteroatoms. The topological polar surface area (TPSA) is 95.7 Å². The number of methoxy groups -OCH3 is 1. The quantitative estimate of drug-likeness (QED) is 0.455. The maximum atomic E-state index is 13.1. The van der Waals surface area contributed by atoms with Crippen molar-refractivity contribution in [2.75, 3.05) is 26.8 Å². The molecule has 0 N–H and O–H groups in total. The number of nitrogens with zero attached hydrogens (tertiary/aromatic N) is 4. The molecular formula is C25H34N4O5. The number of aryl methyl sites for hydroxylation is 2. The van der Waals surface area contributed by atoms with Crippen LogP contribution in [0.1, 0.15) is 60.1 Å². The Labute approximate surface area is 199 Å². The highest BCUT2D eigenvalue weighted by Gasteiger charge is 2.30. The Balaban J connectivity index is 1.50. The number of aromatic nitrogens is 3. The number of ether oxygens (including phenoxy) is 2. The van der Waals surface area contributed by atoms with Gasteiger partial charge in [0, 0.05) is 57.0 Å². The van der Waals surface area contributed by atoms with Crippen molar-refractivity contribution in [3.8, 4) is 5.75 Å². The zero-order chi connectivity index (χ0) is 24.1. The zero-order valence-corrected chi connectivity index (χ0v) is 20.1. The molecule has 0 unspecified atom stereocenters. The van der Waals surface area contributed by atoms with Crippen molar-refractivity contribution < 1.29 is 19.1 Å². The number of rotatable bonds is 7. The van der Waals surface area contributed by atoms with Crippen LogP contribution in [-0.4, -0.2) is 57.9 Å². The van der Waals surface area contributed by atoms with Gasteiger partial charge in [-0.3, -0.25) is 14.3 Å². The molecular weight excluding hydrogens is 436 g/mol. The summed E-state index contributed by atoms with van der Waals surface area (Å²) in [5.74, 6) is -0.0306. The maximum Gasteiger partial charge on any atom is 0.343 e. The summed E-state index contributed by atoms with van der Waals surface area (Å²) in [5.41, 5.74) is 1.75. The first-order chi connectivity index (χ1) is 16.5. The molecule has 2 aromatic rings. The second kappa shape index (κ2) is 10.9. The molecule has 1 aliphatic heterocycles. The number of hydrogen-bond acceptors (Lipinski definition) is 6. The van der Waals surface area contributed by atoms with E-state index in [9.17, 15) is 14.4 Å². The van der Waals surface area contributed by atoms with E-state index < -0.39 is 5.97 Å². The number of hydrogen-bond donors (Lipinski definition) is 0. The Hall–Kier alpha value is -3.10. The monoisotopic (exact) mass is 470 g/mol. The number of pyridine rings is 1. The molecule has 0 saturated heterocycles. The van der Waals surface area contributed by atoms with Crippen LogP contribution in [0.2, 0.25) is 0 Å². The molecule has 4 rings (SSSR count). The van der Waals surface area contributed by atoms with Crippen molar-refractivity contribution in [1.82, 2.24) is 19.2 Å². The van der Waals surface area contributed by atoms with E-state index in [1.807, 2.05) is 24.3 Å². The van der Waals surface area contributed by atoms with Crippen LogP contribution in [0.4, 0.5) is 0 Å². The highest BCUT2D eigenvalue weighted by atomic mass is 16.5. The van der Waals surface area contributed by atoms with Gasteiger partial charge in [-0.1, -0.05) is 19.3 Å². The fourth-order valence-electron chi connectivity index (χ4n) is 5.07. The first-order valence-electron chi connectivity index (χ1n) is 12.2. The fraction of sp³-hybridized carbons (Fsp3) is 0.600. The van der Waals surface area contributed by atoms with Crippen LogP contribution in [0.3, 0.4) is 0 Å². The second-order valence-electron chi connectivity index (χ2n) is 9.20. The summed E-state index contributed by atoms with van der Waals surface area (Å²) in [7, 11) is 3.20. The molecule has 34 heavy (non-hydrogen) atoms. The van der Waals surface area contributed by atoms with Crippen LogP contribution in [0, 0.1) is 5.92 Å². The van der Waals surface area contributed by atoms with E-state index in [1.54, 1.807) is 9.25 Å². The summed E-state index contributed by atoms with van der Waals surface area (Å²) in [6.45, 7) is 1.66. The maximum absolute atomic E-state index is 13.1. The third-order valence-corrected chi connectivity index (χ3v) is 6.87. The van der Waals surface area contributed by atoms with Gasteiger partial charge in [0.1, 0.15) is 11.3 Å². The average molecular weight is 471 g/mol. The van der Waals surface area contributed by atoms with Gasteiger partial charge >= 0.3 is 5.97 Å². The van der Waals surface area contributed by atoms with E-state index in [1.165, 1.54) is 19.6 Å². The Kier molecular flexibility index (Phi) is 7.70. The largest absolute Gasteiger partial charge is 0.492 e. The molecule has 1 amide bonds. The lowest BCUT2D eigenvalue weighted by molar-refractivity contribution is -0.136. The first-order valence-corrected chi connectivity index (χ1v) is 12.2. The minimum Gasteiger partial charge on any atom is -0.492 e. The number of esters is 1. The third-order valence-electron chi connectivity index (χ3n) is 6.87. The third kappa shape index (κ3) is 5.34. The molecule has 2 aliphatic rings. The van der Waals surface area contributed by atoms with E-state index in [2.05, 4.69) is 5.10 Å². The van der Waals surface area contributed by atoms with E-state index >= 15 is 0 Å². The standard InChI is InChI=1S/C25H34N4O5/c1-27-17-18(16-26-27)7-6-14-34-21-15-22(30)29-13-12-28(24(31)19-8-4-3-5-9-19)11-10-20(29)23(21)25(32)33-2/h15-17,19H,3-14H2,1-2H3. The van der Waals surface area contributed by atoms with Crippen molar-refractivity contribution in [1.29, 1.82) is 0 Å². The lowest BCUT2D eigenvalue weighted by atomic mass is 9.88. The van der Waals surface area contributed by atoms with Gasteiger partial charge in [-0.05, 0) is 31.2 Å². The minimum absolute atomic E-state index is 0.0745. The van der Waals surface area contributed by atoms with Gasteiger partial charge in [-0.2, -0.15) is 5.10 Å². The normalized spacial score (nSPS) is 16.6. The van der Waals surface area contributed by atoms with Crippen molar-refractivity contribution in [2.45, 2.75) is 57.9 Å². The van der Waals surface area contributed by atoms with Gasteiger partial charge in [0.25, 0.3) is 5.56 Å². The van der Waals surface area contributed by atoms with Crippen molar-refractivity contribution >= 4 is 11.9 Å². The van der Waals surface area contributed by atoms with Gasteiger partial charge in [-0.25, -0.2) is 4.79 Å². The van der Waals surface area contributed by atoms with Gasteiger partial charge in [0.2, 0.25) is 5.91 Å². The Morgan fingerprint density at radius 1 is 1.15 bits per heavy atom. The minimum atomic E-state index is -0.530. The predicted octanol–water partition coefficient (Wildman–Crippen LogP) is 2.34. The van der Waals surface area contributed by atoms with Crippen molar-refractivity contribution in [3.63, 3.8) is 0 Å². The van der Waals surface area contributed by atoms with Gasteiger partial charge in [0.05, 0.1) is 19.9 Å². The van der Waals surface area contributed by atoms with Gasteiger partial charge in [-0.15, -0.1) is 0 Å². The Morgan fingerprint density at radius 2 is 1.94 bits per heavy atom. The molecule has 1 aliphatic carbocycles. The van der Waals surface area contributed by atoms with Crippen LogP contribution in [0.15, 0.2) is 23.3 Å². The lowest BCUT2D eigenvalue weighted by Gasteiger charge is -2.28. The first kappa shape index (κ1) is 24.0. The molecule has 0 aromatic carbocycles. The highest BCUT2D eigenvalue weighted by Crippen LogP contribution is 2.28. The molecule has 2 aromatic heterocycles. The number of fused-ring (bicyclic) bond motifs is 1. The highest BCUT2D eigenvalue weighted by molar-refractivity contribution is 5.93. The second-order valence-corrected chi connectivity index (χ2v) is 9.20. The molecule has 0 spiro atoms. The van der Waals surface area contributed by atoms with Crippen LogP contribution in [0.25, 0.3) is 0 Å². The Bertz CT molecular complexity index is 1080. The summed E-state index contributed by atoms with van der Waals surface area (Å²) in [4.78, 5) is 40.6. The van der Waals surface area contributed by atoms with Crippen molar-refractivity contribution in [2.24, 2.45) is 13.0 Å². The SMILES string of the molecule is COC(=O)c1c(OCCCc2cnn(C)c2)cc(=O)n2c1CCN(C(=O)C1CCCCC1)CC2. The van der Waals surface area contributed by atoms with Crippen LogP contribution in [0.5, 0.6) is 5.75 Å². The summed E-state index contributed by atoms with van der Waals surface area (Å²) in [6.07, 6.45) is 10.9. The van der Waals surface area contributed by atoms with E-state index in [0.717, 1.165) is 37.7 Å². The summed E-state index contributed by atoms with van der Waals surface area (Å²) in [5, 5.41) is 4.16. The van der Waals surface area contributed by atoms with Crippen molar-refractivity contribution in [3.05, 3.63) is 45.6 Å². The molecule has 1 saturated carbocycles. The van der Waals surface area contributed by atoms with Crippen LogP contribution < -0.4 is 10.3 Å². The van der Waals surface area contributed by atoms with E-state index in [-0.39, 0.29) is 28.7 Å². The van der Waals surface area contributed by atoms with Crippen LogP contribution >= 0.6 is 0 Å². The predicted molar refractivity (Wildman–Crippen MR) is 126 cm³/mol. The summed E-state index contributed by atoms with van der Waals surface area (Å²) in [6, 6.07) is 1.37. The van der Waals surface area contributed by atoms with Gasteiger partial charge < -0.3 is 18.9 Å². The van der Waals surface area contributed by atoms with Crippen LogP contribution in [-0.2, 0) is 36.0 Å². The molecule has 0 atom stereocenters. The molecule has 3 heterocycles. The fourth-order valence-corrected chi connectivity index (χ4v) is 5.07. The Morgan fingerprint density at radius 3 is 2.65 bits per heavy atom. The number of carbonyl (C=O) groups is 2. The number of carbonyl (C=O) groups excluding carboxylic acids is 2. The molecule has 184 valence electrons. The molecule has 0 radical (unpaired) electrons. The summed E-state index contributed by atoms with van der Waals surface area (Å²) < 4.78 is 14.3. The molecule has 9 nitrogen and oxygen atoms in total. The molecule has 1 fully saturated rings. The zero-order valence-electron chi connectivity index (χ0n) is 20.1. The molecule has 0 bridgehead atoms. The van der Waals surface area contributed by atoms with Gasteiger partial charge in [0.15, 0.2) is 0 Å². The van der Waals surface area contributed by atoms with E-state index in [0.29, 0.717) is 44.8 Å². The average Bonchev–Trinajstić information content (AvgIpc) is 3.14. The smallest absolute Gasteiger partial charge is 0.343 e. The lowest BCUT2D eigenvalue weighted by Crippen LogP contribution is -2.39. The van der Waals surface area contributed by atoms with E-state index in [4.69, 9.17) is 9.47 Å².